The monoisotopic (exact) mass is 293 g/mol. The molecule has 0 aliphatic heterocycles. The highest BCUT2D eigenvalue weighted by molar-refractivity contribution is 9.09. The average Bonchev–Trinajstić information content (AvgIpc) is 2.60. The number of carbonyl (C=O) groups is 1. The first kappa shape index (κ1) is 12.6. The van der Waals surface area contributed by atoms with E-state index in [0.717, 1.165) is 0 Å². The fraction of sp³-hybridized carbons (Fsp3) is 0.500. The average molecular weight is 295 g/mol. The second kappa shape index (κ2) is 5.56. The lowest BCUT2D eigenvalue weighted by Gasteiger charge is -2.19. The van der Waals surface area contributed by atoms with E-state index in [-0.39, 0.29) is 17.2 Å². The molecule has 0 aliphatic rings. The van der Waals surface area contributed by atoms with Crippen molar-refractivity contribution in [3.8, 4) is 0 Å². The number of nitrogens with one attached hydrogen (secondary N) is 1. The topological polar surface area (TPSA) is 42.2 Å². The van der Waals surface area contributed by atoms with Crippen molar-refractivity contribution in [1.82, 2.24) is 5.32 Å². The fourth-order valence-corrected chi connectivity index (χ4v) is 2.20. The molecule has 1 unspecified atom stereocenters. The zero-order valence-corrected chi connectivity index (χ0v) is 10.9. The molecule has 1 amide bonds. The number of amides is 1. The number of hydrogen-bond donors (Lipinski definition) is 1. The zero-order chi connectivity index (χ0) is 11.4. The molecule has 0 spiro atoms. The van der Waals surface area contributed by atoms with E-state index in [1.165, 1.54) is 6.26 Å². The normalized spacial score (nSPS) is 12.9. The van der Waals surface area contributed by atoms with Crippen LogP contribution >= 0.6 is 27.5 Å². The quantitative estimate of drug-likeness (QED) is 0.867. The Morgan fingerprint density at radius 1 is 1.67 bits per heavy atom. The molecule has 1 rings (SSSR count). The van der Waals surface area contributed by atoms with Gasteiger partial charge in [0.1, 0.15) is 0 Å². The molecule has 0 saturated carbocycles. The second-order valence-corrected chi connectivity index (χ2v) is 4.58. The van der Waals surface area contributed by atoms with Crippen molar-refractivity contribution in [1.29, 1.82) is 0 Å². The van der Waals surface area contributed by atoms with Gasteiger partial charge in [0.25, 0.3) is 5.91 Å². The Bertz CT molecular complexity index is 338. The number of hydrogen-bond acceptors (Lipinski definition) is 2. The zero-order valence-electron chi connectivity index (χ0n) is 8.59. The van der Waals surface area contributed by atoms with E-state index in [0.29, 0.717) is 16.8 Å². The van der Waals surface area contributed by atoms with E-state index in [2.05, 4.69) is 21.2 Å². The van der Waals surface area contributed by atoms with Crippen LogP contribution in [0.4, 0.5) is 0 Å². The standard InChI is InChI=1S/C10H13BrClNO2/c1-6(2)8(5-11)13-10(14)7-3-4-15-9(7)12/h3-4,6,8H,5H2,1-2H3,(H,13,14). The van der Waals surface area contributed by atoms with Gasteiger partial charge in [0.2, 0.25) is 5.22 Å². The molecule has 1 heterocycles. The highest BCUT2D eigenvalue weighted by Gasteiger charge is 2.18. The number of rotatable bonds is 4. The Morgan fingerprint density at radius 2 is 2.33 bits per heavy atom. The molecule has 3 nitrogen and oxygen atoms in total. The maximum Gasteiger partial charge on any atom is 0.256 e. The van der Waals surface area contributed by atoms with Crippen molar-refractivity contribution in [2.45, 2.75) is 19.9 Å². The highest BCUT2D eigenvalue weighted by Crippen LogP contribution is 2.17. The van der Waals surface area contributed by atoms with Crippen LogP contribution in [0, 0.1) is 5.92 Å². The van der Waals surface area contributed by atoms with Crippen molar-refractivity contribution >= 4 is 33.4 Å². The van der Waals surface area contributed by atoms with Gasteiger partial charge in [0.05, 0.1) is 11.8 Å². The van der Waals surface area contributed by atoms with Gasteiger partial charge < -0.3 is 9.73 Å². The van der Waals surface area contributed by atoms with Gasteiger partial charge in [-0.15, -0.1) is 0 Å². The lowest BCUT2D eigenvalue weighted by atomic mass is 10.1. The van der Waals surface area contributed by atoms with E-state index in [9.17, 15) is 4.79 Å². The van der Waals surface area contributed by atoms with Crippen molar-refractivity contribution < 1.29 is 9.21 Å². The summed E-state index contributed by atoms with van der Waals surface area (Å²) in [6.07, 6.45) is 1.40. The lowest BCUT2D eigenvalue weighted by Crippen LogP contribution is -2.39. The number of furan rings is 1. The third-order valence-electron chi connectivity index (χ3n) is 2.15. The minimum absolute atomic E-state index is 0.0865. The smallest absolute Gasteiger partial charge is 0.256 e. The molecule has 0 radical (unpaired) electrons. The van der Waals surface area contributed by atoms with E-state index >= 15 is 0 Å². The van der Waals surface area contributed by atoms with Gasteiger partial charge in [-0.05, 0) is 23.6 Å². The molecule has 0 bridgehead atoms. The Balaban J connectivity index is 2.67. The molecular formula is C10H13BrClNO2. The van der Waals surface area contributed by atoms with Gasteiger partial charge >= 0.3 is 0 Å². The van der Waals surface area contributed by atoms with Crippen LogP contribution in [-0.4, -0.2) is 17.3 Å². The molecule has 1 aromatic rings. The van der Waals surface area contributed by atoms with Gasteiger partial charge in [-0.2, -0.15) is 0 Å². The van der Waals surface area contributed by atoms with Crippen LogP contribution < -0.4 is 5.32 Å². The number of halogens is 2. The fourth-order valence-electron chi connectivity index (χ4n) is 1.09. The molecule has 0 saturated heterocycles. The maximum atomic E-state index is 11.7. The minimum atomic E-state index is -0.202. The first-order valence-electron chi connectivity index (χ1n) is 4.66. The van der Waals surface area contributed by atoms with E-state index in [1.807, 2.05) is 13.8 Å². The third-order valence-corrected chi connectivity index (χ3v) is 3.14. The van der Waals surface area contributed by atoms with Crippen molar-refractivity contribution in [3.05, 3.63) is 23.1 Å². The van der Waals surface area contributed by atoms with Gasteiger partial charge in [-0.3, -0.25) is 4.79 Å². The molecule has 1 aromatic heterocycles. The van der Waals surface area contributed by atoms with Crippen LogP contribution in [0.1, 0.15) is 24.2 Å². The van der Waals surface area contributed by atoms with Crippen LogP contribution in [0.2, 0.25) is 5.22 Å². The van der Waals surface area contributed by atoms with Gasteiger partial charge in [-0.1, -0.05) is 29.8 Å². The summed E-state index contributed by atoms with van der Waals surface area (Å²) in [6, 6.07) is 1.65. The van der Waals surface area contributed by atoms with Gasteiger partial charge in [-0.25, -0.2) is 0 Å². The predicted molar refractivity (Wildman–Crippen MR) is 63.6 cm³/mol. The Labute approximate surface area is 102 Å². The summed E-state index contributed by atoms with van der Waals surface area (Å²) < 4.78 is 4.85. The van der Waals surface area contributed by atoms with E-state index in [1.54, 1.807) is 6.07 Å². The molecule has 84 valence electrons. The van der Waals surface area contributed by atoms with Crippen LogP contribution in [0.25, 0.3) is 0 Å². The third kappa shape index (κ3) is 3.24. The first-order chi connectivity index (χ1) is 7.06. The number of alkyl halides is 1. The van der Waals surface area contributed by atoms with Crippen LogP contribution in [0.5, 0.6) is 0 Å². The van der Waals surface area contributed by atoms with Crippen molar-refractivity contribution in [2.75, 3.05) is 5.33 Å². The SMILES string of the molecule is CC(C)C(CBr)NC(=O)c1ccoc1Cl. The molecule has 1 N–H and O–H groups in total. The second-order valence-electron chi connectivity index (χ2n) is 3.59. The molecule has 1 atom stereocenters. The lowest BCUT2D eigenvalue weighted by molar-refractivity contribution is 0.0931. The summed E-state index contributed by atoms with van der Waals surface area (Å²) in [5.74, 6) is 0.158. The summed E-state index contributed by atoms with van der Waals surface area (Å²) in [6.45, 7) is 4.09. The predicted octanol–water partition coefficient (Wildman–Crippen LogP) is 3.08. The number of carbonyl (C=O) groups excluding carboxylic acids is 1. The molecular weight excluding hydrogens is 281 g/mol. The van der Waals surface area contributed by atoms with Crippen LogP contribution in [-0.2, 0) is 0 Å². The summed E-state index contributed by atoms with van der Waals surface area (Å²) in [5, 5.41) is 3.72. The van der Waals surface area contributed by atoms with Crippen LogP contribution in [0.3, 0.4) is 0 Å². The van der Waals surface area contributed by atoms with Crippen LogP contribution in [0.15, 0.2) is 16.7 Å². The largest absolute Gasteiger partial charge is 0.452 e. The summed E-state index contributed by atoms with van der Waals surface area (Å²) in [5.41, 5.74) is 0.378. The van der Waals surface area contributed by atoms with Crippen molar-refractivity contribution in [2.24, 2.45) is 5.92 Å². The first-order valence-corrected chi connectivity index (χ1v) is 6.16. The molecule has 15 heavy (non-hydrogen) atoms. The Kier molecular flexibility index (Phi) is 4.67. The molecule has 0 fully saturated rings. The maximum absolute atomic E-state index is 11.7. The van der Waals surface area contributed by atoms with Crippen molar-refractivity contribution in [3.63, 3.8) is 0 Å². The molecule has 5 heteroatoms. The van der Waals surface area contributed by atoms with E-state index in [4.69, 9.17) is 16.0 Å². The summed E-state index contributed by atoms with van der Waals surface area (Å²) in [4.78, 5) is 11.7. The molecule has 0 aliphatic carbocycles. The Morgan fingerprint density at radius 3 is 2.73 bits per heavy atom. The summed E-state index contributed by atoms with van der Waals surface area (Å²) in [7, 11) is 0. The minimum Gasteiger partial charge on any atom is -0.452 e. The van der Waals surface area contributed by atoms with Gasteiger partial charge in [0.15, 0.2) is 0 Å². The Hall–Kier alpha value is -0.480. The molecule has 0 aromatic carbocycles. The summed E-state index contributed by atoms with van der Waals surface area (Å²) >= 11 is 9.06. The van der Waals surface area contributed by atoms with Gasteiger partial charge in [0, 0.05) is 11.4 Å². The van der Waals surface area contributed by atoms with E-state index < -0.39 is 0 Å². The highest BCUT2D eigenvalue weighted by atomic mass is 79.9.